The highest BCUT2D eigenvalue weighted by molar-refractivity contribution is 5.85. The van der Waals surface area contributed by atoms with Gasteiger partial charge in [0, 0.05) is 17.4 Å². The summed E-state index contributed by atoms with van der Waals surface area (Å²) in [5.41, 5.74) is 6.49. The molecule has 2 nitrogen and oxygen atoms in total. The fraction of sp³-hybridized carbons (Fsp3) is 0.300. The number of hydrogen-bond acceptors (Lipinski definition) is 1. The third-order valence-electron chi connectivity index (χ3n) is 4.71. The van der Waals surface area contributed by atoms with Crippen LogP contribution in [0.1, 0.15) is 35.4 Å². The van der Waals surface area contributed by atoms with Gasteiger partial charge in [0.25, 0.3) is 0 Å². The highest BCUT2D eigenvalue weighted by atomic mass is 16.5. The average molecular weight is 291 g/mol. The summed E-state index contributed by atoms with van der Waals surface area (Å²) in [6, 6.07) is 17.4. The second-order valence-electron chi connectivity index (χ2n) is 6.38. The summed E-state index contributed by atoms with van der Waals surface area (Å²) in [6.45, 7) is 7.42. The van der Waals surface area contributed by atoms with Crippen LogP contribution in [0.5, 0.6) is 0 Å². The van der Waals surface area contributed by atoms with Crippen LogP contribution in [0.15, 0.2) is 48.5 Å². The molecule has 0 amide bonds. The molecule has 2 heteroatoms. The number of ether oxygens (including phenoxy) is 1. The van der Waals surface area contributed by atoms with Crippen molar-refractivity contribution in [2.75, 3.05) is 0 Å². The zero-order valence-corrected chi connectivity index (χ0v) is 13.3. The molecule has 22 heavy (non-hydrogen) atoms. The molecule has 4 rings (SSSR count). The molecule has 1 aliphatic heterocycles. The highest BCUT2D eigenvalue weighted by Gasteiger charge is 2.30. The molecule has 0 saturated heterocycles. The Labute approximate surface area is 131 Å². The van der Waals surface area contributed by atoms with Crippen LogP contribution < -0.4 is 0 Å². The molecule has 112 valence electrons. The van der Waals surface area contributed by atoms with Crippen LogP contribution >= 0.6 is 0 Å². The molecule has 0 fully saturated rings. The zero-order chi connectivity index (χ0) is 15.3. The molecule has 2 aromatic carbocycles. The van der Waals surface area contributed by atoms with E-state index in [1.165, 1.54) is 33.3 Å². The largest absolute Gasteiger partial charge is 0.362 e. The molecule has 2 atom stereocenters. The van der Waals surface area contributed by atoms with E-state index in [0.717, 1.165) is 6.54 Å². The number of fused-ring (bicyclic) bond motifs is 3. The fourth-order valence-electron chi connectivity index (χ4n) is 3.61. The third kappa shape index (κ3) is 1.98. The van der Waals surface area contributed by atoms with Crippen molar-refractivity contribution in [3.63, 3.8) is 0 Å². The van der Waals surface area contributed by atoms with Crippen molar-refractivity contribution in [3.8, 4) is 0 Å². The maximum absolute atomic E-state index is 6.33. The van der Waals surface area contributed by atoms with E-state index in [1.807, 2.05) is 0 Å². The van der Waals surface area contributed by atoms with E-state index in [-0.39, 0.29) is 12.2 Å². The number of aromatic nitrogens is 1. The van der Waals surface area contributed by atoms with Gasteiger partial charge in [0.15, 0.2) is 0 Å². The maximum atomic E-state index is 6.33. The van der Waals surface area contributed by atoms with Crippen molar-refractivity contribution in [3.05, 3.63) is 70.9 Å². The Morgan fingerprint density at radius 1 is 1.00 bits per heavy atom. The summed E-state index contributed by atoms with van der Waals surface area (Å²) in [7, 11) is 0. The van der Waals surface area contributed by atoms with Crippen LogP contribution in [-0.4, -0.2) is 10.7 Å². The van der Waals surface area contributed by atoms with E-state index in [4.69, 9.17) is 4.74 Å². The number of benzene rings is 2. The summed E-state index contributed by atoms with van der Waals surface area (Å²) in [5.74, 6) is 0. The average Bonchev–Trinajstić information content (AvgIpc) is 2.81. The Kier molecular flexibility index (Phi) is 3.08. The predicted octanol–water partition coefficient (Wildman–Crippen LogP) is 4.77. The topological polar surface area (TPSA) is 14.2 Å². The molecule has 1 aromatic heterocycles. The van der Waals surface area contributed by atoms with E-state index in [2.05, 4.69) is 73.9 Å². The Morgan fingerprint density at radius 3 is 2.50 bits per heavy atom. The molecule has 0 spiro atoms. The van der Waals surface area contributed by atoms with E-state index in [1.54, 1.807) is 0 Å². The van der Waals surface area contributed by atoms with Crippen LogP contribution in [-0.2, 0) is 11.3 Å². The molecular weight excluding hydrogens is 270 g/mol. The van der Waals surface area contributed by atoms with Crippen molar-refractivity contribution in [2.24, 2.45) is 0 Å². The highest BCUT2D eigenvalue weighted by Crippen LogP contribution is 2.39. The Bertz CT molecular complexity index is 829. The van der Waals surface area contributed by atoms with Gasteiger partial charge in [0.1, 0.15) is 6.10 Å². The monoisotopic (exact) mass is 291 g/mol. The molecule has 0 bridgehead atoms. The second-order valence-corrected chi connectivity index (χ2v) is 6.38. The smallest absolute Gasteiger partial charge is 0.123 e. The Morgan fingerprint density at radius 2 is 1.73 bits per heavy atom. The van der Waals surface area contributed by atoms with E-state index in [0.29, 0.717) is 0 Å². The number of para-hydroxylation sites is 1. The van der Waals surface area contributed by atoms with E-state index < -0.39 is 0 Å². The SMILES string of the molecule is Cc1ccc([C@@H]2O[C@@H](C)Cn3c2c(C)c2ccccc23)cc1. The first-order valence-corrected chi connectivity index (χ1v) is 7.95. The minimum Gasteiger partial charge on any atom is -0.362 e. The molecule has 0 radical (unpaired) electrons. The van der Waals surface area contributed by atoms with E-state index >= 15 is 0 Å². The van der Waals surface area contributed by atoms with Crippen molar-refractivity contribution in [2.45, 2.75) is 39.5 Å². The quantitative estimate of drug-likeness (QED) is 0.630. The van der Waals surface area contributed by atoms with Crippen molar-refractivity contribution < 1.29 is 4.74 Å². The molecule has 1 aliphatic rings. The molecule has 2 heterocycles. The summed E-state index contributed by atoms with van der Waals surface area (Å²) >= 11 is 0. The van der Waals surface area contributed by atoms with Crippen molar-refractivity contribution >= 4 is 10.9 Å². The number of aryl methyl sites for hydroxylation is 2. The molecule has 0 N–H and O–H groups in total. The lowest BCUT2D eigenvalue weighted by atomic mass is 10.00. The van der Waals surface area contributed by atoms with Gasteiger partial charge in [-0.3, -0.25) is 0 Å². The van der Waals surface area contributed by atoms with Gasteiger partial charge in [-0.05, 0) is 38.0 Å². The standard InChI is InChI=1S/C20H21NO/c1-13-8-10-16(11-9-13)20-19-15(3)17-6-4-5-7-18(17)21(19)12-14(2)22-20/h4-11,14,20H,12H2,1-3H3/t14-,20-/m0/s1. The van der Waals surface area contributed by atoms with Gasteiger partial charge in [-0.2, -0.15) is 0 Å². The van der Waals surface area contributed by atoms with Crippen molar-refractivity contribution in [1.82, 2.24) is 4.57 Å². The number of hydrogen-bond donors (Lipinski definition) is 0. The molecule has 3 aromatic rings. The van der Waals surface area contributed by atoms with Gasteiger partial charge < -0.3 is 9.30 Å². The first-order chi connectivity index (χ1) is 10.6. The minimum atomic E-state index is 0.0248. The normalized spacial score (nSPS) is 21.0. The summed E-state index contributed by atoms with van der Waals surface area (Å²) in [5, 5.41) is 1.34. The van der Waals surface area contributed by atoms with Crippen LogP contribution in [0, 0.1) is 13.8 Å². The Hall–Kier alpha value is -2.06. The lowest BCUT2D eigenvalue weighted by Gasteiger charge is -2.31. The summed E-state index contributed by atoms with van der Waals surface area (Å²) < 4.78 is 8.78. The third-order valence-corrected chi connectivity index (χ3v) is 4.71. The maximum Gasteiger partial charge on any atom is 0.123 e. The summed E-state index contributed by atoms with van der Waals surface area (Å²) in [6.07, 6.45) is 0.241. The van der Waals surface area contributed by atoms with E-state index in [9.17, 15) is 0 Å². The second kappa shape index (κ2) is 4.99. The lowest BCUT2D eigenvalue weighted by molar-refractivity contribution is -0.0146. The van der Waals surface area contributed by atoms with Crippen LogP contribution in [0.2, 0.25) is 0 Å². The Balaban J connectivity index is 1.95. The van der Waals surface area contributed by atoms with Crippen LogP contribution in [0.4, 0.5) is 0 Å². The zero-order valence-electron chi connectivity index (χ0n) is 13.3. The van der Waals surface area contributed by atoms with Gasteiger partial charge in [0.05, 0.1) is 11.8 Å². The summed E-state index contributed by atoms with van der Waals surface area (Å²) in [4.78, 5) is 0. The van der Waals surface area contributed by atoms with Crippen molar-refractivity contribution in [1.29, 1.82) is 0 Å². The number of rotatable bonds is 1. The predicted molar refractivity (Wildman–Crippen MR) is 90.2 cm³/mol. The first-order valence-electron chi connectivity index (χ1n) is 7.95. The van der Waals surface area contributed by atoms with Gasteiger partial charge in [-0.1, -0.05) is 48.0 Å². The van der Waals surface area contributed by atoms with Gasteiger partial charge in [-0.15, -0.1) is 0 Å². The van der Waals surface area contributed by atoms with Crippen LogP contribution in [0.25, 0.3) is 10.9 Å². The number of nitrogens with zero attached hydrogens (tertiary/aromatic N) is 1. The first kappa shape index (κ1) is 13.6. The molecule has 0 unspecified atom stereocenters. The molecular formula is C20H21NO. The van der Waals surface area contributed by atoms with Gasteiger partial charge in [-0.25, -0.2) is 0 Å². The fourth-order valence-corrected chi connectivity index (χ4v) is 3.61. The minimum absolute atomic E-state index is 0.0248. The van der Waals surface area contributed by atoms with Gasteiger partial charge in [0.2, 0.25) is 0 Å². The van der Waals surface area contributed by atoms with Crippen LogP contribution in [0.3, 0.4) is 0 Å². The van der Waals surface area contributed by atoms with Gasteiger partial charge >= 0.3 is 0 Å². The molecule has 0 aliphatic carbocycles. The lowest BCUT2D eigenvalue weighted by Crippen LogP contribution is -2.29. The molecule has 0 saturated carbocycles.